The normalized spacial score (nSPS) is 51.4. The third kappa shape index (κ3) is 2.77. The molecule has 186 valence electrons. The van der Waals surface area contributed by atoms with Gasteiger partial charge in [-0.1, -0.05) is 37.6 Å². The molecule has 0 aliphatic heterocycles. The first kappa shape index (κ1) is 22.2. The number of fused-ring (bicyclic) bond motifs is 6. The molecule has 8 aliphatic carbocycles. The van der Waals surface area contributed by atoms with Crippen molar-refractivity contribution in [1.29, 1.82) is 0 Å². The summed E-state index contributed by atoms with van der Waals surface area (Å²) in [5.74, 6) is 2.17. The van der Waals surface area contributed by atoms with E-state index in [1.165, 1.54) is 5.57 Å². The standard InChI is InChI=1S/C31H38O4/c1-29-14-11-21(32)17-20(29)7-8-22-23-9-10-26(30(23,2)15-12-24(22)29)35-28(34)31-16-13-25(33)27(31)18-3-5-19(31)6-4-18/h3,5,13,16-19,22-24,26-27H,4,6-12,14-15H2,1-2H3/t18-,19-,22-,23-,24-,26-,27-,29-,30-,31+/m0/s1. The molecule has 10 atom stereocenters. The van der Waals surface area contributed by atoms with Crippen LogP contribution in [-0.4, -0.2) is 23.6 Å². The van der Waals surface area contributed by atoms with Crippen LogP contribution in [0, 0.1) is 51.8 Å². The van der Waals surface area contributed by atoms with Crippen LogP contribution in [0.3, 0.4) is 0 Å². The van der Waals surface area contributed by atoms with Gasteiger partial charge in [0.2, 0.25) is 0 Å². The quantitative estimate of drug-likeness (QED) is 0.377. The summed E-state index contributed by atoms with van der Waals surface area (Å²) in [6, 6.07) is 0. The van der Waals surface area contributed by atoms with Gasteiger partial charge in [0.25, 0.3) is 0 Å². The van der Waals surface area contributed by atoms with Gasteiger partial charge in [-0.2, -0.15) is 0 Å². The maximum Gasteiger partial charge on any atom is 0.317 e. The first-order valence-corrected chi connectivity index (χ1v) is 14.1. The number of hydrogen-bond donors (Lipinski definition) is 0. The lowest BCUT2D eigenvalue weighted by molar-refractivity contribution is -0.178. The molecule has 2 bridgehead atoms. The van der Waals surface area contributed by atoms with E-state index in [-0.39, 0.29) is 46.4 Å². The Morgan fingerprint density at radius 3 is 2.60 bits per heavy atom. The molecule has 0 aromatic heterocycles. The Labute approximate surface area is 208 Å². The number of rotatable bonds is 2. The Bertz CT molecular complexity index is 1100. The Balaban J connectivity index is 1.14. The summed E-state index contributed by atoms with van der Waals surface area (Å²) in [6.45, 7) is 4.81. The summed E-state index contributed by atoms with van der Waals surface area (Å²) in [5.41, 5.74) is 0.818. The molecule has 8 aliphatic rings. The van der Waals surface area contributed by atoms with Crippen LogP contribution in [0.25, 0.3) is 0 Å². The monoisotopic (exact) mass is 474 g/mol. The fourth-order valence-corrected chi connectivity index (χ4v) is 10.4. The number of carbonyl (C=O) groups is 3. The predicted octanol–water partition coefficient (Wildman–Crippen LogP) is 5.77. The number of carbonyl (C=O) groups excluding carboxylic acids is 3. The van der Waals surface area contributed by atoms with Crippen LogP contribution in [-0.2, 0) is 19.1 Å². The molecule has 4 fully saturated rings. The molecule has 0 N–H and O–H groups in total. The number of hydrogen-bond acceptors (Lipinski definition) is 4. The van der Waals surface area contributed by atoms with Crippen LogP contribution in [0.5, 0.6) is 0 Å². The molecule has 0 radical (unpaired) electrons. The van der Waals surface area contributed by atoms with Gasteiger partial charge in [0.15, 0.2) is 11.6 Å². The van der Waals surface area contributed by atoms with E-state index in [2.05, 4.69) is 26.0 Å². The van der Waals surface area contributed by atoms with Crippen molar-refractivity contribution in [1.82, 2.24) is 0 Å². The predicted molar refractivity (Wildman–Crippen MR) is 132 cm³/mol. The van der Waals surface area contributed by atoms with Gasteiger partial charge in [-0.15, -0.1) is 0 Å². The first-order chi connectivity index (χ1) is 16.8. The minimum absolute atomic E-state index is 0.0148. The van der Waals surface area contributed by atoms with Crippen LogP contribution in [0.2, 0.25) is 0 Å². The summed E-state index contributed by atoms with van der Waals surface area (Å²) in [6.07, 6.45) is 20.0. The summed E-state index contributed by atoms with van der Waals surface area (Å²) in [5, 5.41) is 0. The highest BCUT2D eigenvalue weighted by molar-refractivity contribution is 6.02. The van der Waals surface area contributed by atoms with E-state index in [4.69, 9.17) is 4.74 Å². The molecular weight excluding hydrogens is 436 g/mol. The fraction of sp³-hybridized carbons (Fsp3) is 0.710. The van der Waals surface area contributed by atoms with Crippen LogP contribution < -0.4 is 0 Å². The molecule has 0 unspecified atom stereocenters. The molecule has 4 saturated carbocycles. The summed E-state index contributed by atoms with van der Waals surface area (Å²) in [7, 11) is 0. The van der Waals surface area contributed by atoms with Crippen molar-refractivity contribution in [2.45, 2.75) is 84.2 Å². The van der Waals surface area contributed by atoms with Gasteiger partial charge in [-0.3, -0.25) is 14.4 Å². The van der Waals surface area contributed by atoms with Crippen molar-refractivity contribution in [3.05, 3.63) is 36.0 Å². The number of ketones is 2. The maximum atomic E-state index is 14.0. The van der Waals surface area contributed by atoms with Gasteiger partial charge in [0, 0.05) is 17.8 Å². The van der Waals surface area contributed by atoms with E-state index in [9.17, 15) is 14.4 Å². The molecule has 35 heavy (non-hydrogen) atoms. The van der Waals surface area contributed by atoms with Crippen molar-refractivity contribution in [3.63, 3.8) is 0 Å². The van der Waals surface area contributed by atoms with Crippen molar-refractivity contribution >= 4 is 17.5 Å². The van der Waals surface area contributed by atoms with E-state index in [1.807, 2.05) is 12.2 Å². The zero-order valence-corrected chi connectivity index (χ0v) is 21.1. The summed E-state index contributed by atoms with van der Waals surface area (Å²) < 4.78 is 6.52. The van der Waals surface area contributed by atoms with E-state index in [0.717, 1.165) is 57.8 Å². The first-order valence-electron chi connectivity index (χ1n) is 14.1. The topological polar surface area (TPSA) is 60.4 Å². The third-order valence-electron chi connectivity index (χ3n) is 12.3. The molecule has 0 aromatic rings. The van der Waals surface area contributed by atoms with Crippen LogP contribution in [0.4, 0.5) is 0 Å². The number of ether oxygens (including phenoxy) is 1. The van der Waals surface area contributed by atoms with Gasteiger partial charge in [0.1, 0.15) is 11.5 Å². The van der Waals surface area contributed by atoms with Crippen molar-refractivity contribution in [2.75, 3.05) is 0 Å². The Hall–Kier alpha value is -1.97. The highest BCUT2D eigenvalue weighted by atomic mass is 16.5. The Morgan fingerprint density at radius 1 is 0.943 bits per heavy atom. The zero-order chi connectivity index (χ0) is 24.2. The summed E-state index contributed by atoms with van der Waals surface area (Å²) in [4.78, 5) is 38.9. The smallest absolute Gasteiger partial charge is 0.317 e. The number of esters is 1. The minimum atomic E-state index is -0.771. The average molecular weight is 475 g/mol. The minimum Gasteiger partial charge on any atom is -0.461 e. The van der Waals surface area contributed by atoms with Crippen molar-refractivity contribution in [2.24, 2.45) is 51.8 Å². The van der Waals surface area contributed by atoms with E-state index >= 15 is 0 Å². The molecule has 8 rings (SSSR count). The van der Waals surface area contributed by atoms with Crippen LogP contribution in [0.1, 0.15) is 78.1 Å². The second kappa shape index (κ2) is 7.29. The van der Waals surface area contributed by atoms with E-state index in [0.29, 0.717) is 30.0 Å². The molecule has 0 saturated heterocycles. The lowest BCUT2D eigenvalue weighted by atomic mass is 9.47. The SMILES string of the molecule is C[C@]12CC[C@H]3[C@@H](CCC4=CC(=O)CC[C@@]43C)[C@@H]1CC[C@@H]2OC(=O)[C@@]12C=CC(=O)[C@@H]1[C@H]1C=C[C@H]2CC1. The molecule has 0 aromatic carbocycles. The number of allylic oxidation sites excluding steroid dienone is 4. The molecular formula is C31H38O4. The van der Waals surface area contributed by atoms with Crippen molar-refractivity contribution < 1.29 is 19.1 Å². The van der Waals surface area contributed by atoms with Gasteiger partial charge in [-0.05, 0) is 105 Å². The molecule has 4 nitrogen and oxygen atoms in total. The Kier molecular flexibility index (Phi) is 4.64. The molecule has 4 heteroatoms. The largest absolute Gasteiger partial charge is 0.461 e. The van der Waals surface area contributed by atoms with Crippen molar-refractivity contribution in [3.8, 4) is 0 Å². The Morgan fingerprint density at radius 2 is 1.80 bits per heavy atom. The van der Waals surface area contributed by atoms with Gasteiger partial charge < -0.3 is 4.74 Å². The highest BCUT2D eigenvalue weighted by Gasteiger charge is 2.64. The van der Waals surface area contributed by atoms with Gasteiger partial charge >= 0.3 is 5.97 Å². The second-order valence-electron chi connectivity index (χ2n) is 13.4. The fourth-order valence-electron chi connectivity index (χ4n) is 10.4. The van der Waals surface area contributed by atoms with Gasteiger partial charge in [-0.25, -0.2) is 0 Å². The maximum absolute atomic E-state index is 14.0. The average Bonchev–Trinajstić information content (AvgIpc) is 3.40. The molecule has 0 heterocycles. The lowest BCUT2D eigenvalue weighted by Crippen LogP contribution is -2.54. The van der Waals surface area contributed by atoms with Crippen LogP contribution in [0.15, 0.2) is 36.0 Å². The van der Waals surface area contributed by atoms with Gasteiger partial charge in [0.05, 0.1) is 0 Å². The third-order valence-corrected chi connectivity index (χ3v) is 12.3. The zero-order valence-electron chi connectivity index (χ0n) is 21.1. The van der Waals surface area contributed by atoms with E-state index in [1.54, 1.807) is 6.08 Å². The summed E-state index contributed by atoms with van der Waals surface area (Å²) >= 11 is 0. The second-order valence-corrected chi connectivity index (χ2v) is 13.4. The highest BCUT2D eigenvalue weighted by Crippen LogP contribution is 2.66. The molecule has 0 spiro atoms. The lowest BCUT2D eigenvalue weighted by Gasteiger charge is -2.58. The van der Waals surface area contributed by atoms with Crippen LogP contribution >= 0.6 is 0 Å². The van der Waals surface area contributed by atoms with E-state index < -0.39 is 5.41 Å². The molecule has 0 amide bonds.